The van der Waals surface area contributed by atoms with Crippen LogP contribution in [0, 0.1) is 5.21 Å². The Kier molecular flexibility index (Phi) is 5.53. The lowest BCUT2D eigenvalue weighted by atomic mass is 10.1. The molecule has 1 saturated carbocycles. The summed E-state index contributed by atoms with van der Waals surface area (Å²) in [7, 11) is -2.89. The molecule has 4 heterocycles. The molecule has 4 aromatic rings. The normalized spacial score (nSPS) is 15.8. The van der Waals surface area contributed by atoms with Gasteiger partial charge in [0.05, 0.1) is 16.9 Å². The maximum atomic E-state index is 14.3. The third-order valence-corrected chi connectivity index (χ3v) is 7.85. The quantitative estimate of drug-likeness (QED) is 0.197. The van der Waals surface area contributed by atoms with Crippen molar-refractivity contribution in [2.45, 2.75) is 42.4 Å². The third-order valence-electron chi connectivity index (χ3n) is 6.11. The van der Waals surface area contributed by atoms with Gasteiger partial charge in [-0.25, -0.2) is 22.8 Å². The fourth-order valence-electron chi connectivity index (χ4n) is 3.74. The first kappa shape index (κ1) is 25.9. The van der Waals surface area contributed by atoms with Crippen LogP contribution in [-0.4, -0.2) is 45.0 Å². The molecule has 0 aliphatic heterocycles. The maximum Gasteiger partial charge on any atom is 0.458 e. The molecule has 38 heavy (non-hydrogen) atoms. The van der Waals surface area contributed by atoms with Gasteiger partial charge in [0.1, 0.15) is 10.4 Å². The van der Waals surface area contributed by atoms with Crippen LogP contribution < -0.4 is 4.73 Å². The first-order chi connectivity index (χ1) is 17.6. The van der Waals surface area contributed by atoms with E-state index >= 15 is 0 Å². The number of aromatic nitrogens is 6. The number of halogens is 6. The van der Waals surface area contributed by atoms with Gasteiger partial charge in [0.15, 0.2) is 27.4 Å². The van der Waals surface area contributed by atoms with E-state index in [9.17, 15) is 40.0 Å². The van der Waals surface area contributed by atoms with Gasteiger partial charge in [0.25, 0.3) is 11.6 Å². The van der Waals surface area contributed by atoms with E-state index in [2.05, 4.69) is 20.1 Å². The summed E-state index contributed by atoms with van der Waals surface area (Å²) in [4.78, 5) is 11.0. The molecular formula is C21H16F6N6O4S. The minimum Gasteiger partial charge on any atom is -0.618 e. The van der Waals surface area contributed by atoms with Gasteiger partial charge in [0, 0.05) is 13.2 Å². The Morgan fingerprint density at radius 3 is 2.47 bits per heavy atom. The van der Waals surface area contributed by atoms with E-state index in [1.54, 1.807) is 0 Å². The average molecular weight is 562 g/mol. The van der Waals surface area contributed by atoms with E-state index in [1.807, 2.05) is 0 Å². The first-order valence-corrected chi connectivity index (χ1v) is 12.6. The molecule has 1 aliphatic rings. The molecule has 17 heteroatoms. The van der Waals surface area contributed by atoms with Gasteiger partial charge < -0.3 is 14.3 Å². The van der Waals surface area contributed by atoms with Gasteiger partial charge in [-0.2, -0.15) is 31.7 Å². The molecule has 1 aliphatic carbocycles. The summed E-state index contributed by atoms with van der Waals surface area (Å²) in [6.45, 7) is 1.30. The number of nitrogens with zero attached hydrogens (tertiary/aromatic N) is 6. The lowest BCUT2D eigenvalue weighted by Gasteiger charge is -2.19. The Labute approximate surface area is 209 Å². The van der Waals surface area contributed by atoms with Crippen LogP contribution in [0.25, 0.3) is 34.1 Å². The summed E-state index contributed by atoms with van der Waals surface area (Å²) in [6, 6.07) is 1.51. The molecule has 0 saturated heterocycles. The summed E-state index contributed by atoms with van der Waals surface area (Å²) >= 11 is 0. The Bertz CT molecular complexity index is 1690. The minimum absolute atomic E-state index is 0.114. The highest BCUT2D eigenvalue weighted by atomic mass is 32.2. The van der Waals surface area contributed by atoms with Gasteiger partial charge >= 0.3 is 12.1 Å². The summed E-state index contributed by atoms with van der Waals surface area (Å²) in [5.74, 6) is -6.65. The molecule has 0 unspecified atom stereocenters. The number of hydrogen-bond donors (Lipinski definition) is 0. The molecular weight excluding hydrogens is 546 g/mol. The van der Waals surface area contributed by atoms with Crippen molar-refractivity contribution in [3.05, 3.63) is 41.2 Å². The number of fused-ring (bicyclic) bond motifs is 1. The molecule has 5 rings (SSSR count). The third kappa shape index (κ3) is 3.95. The summed E-state index contributed by atoms with van der Waals surface area (Å²) in [5.41, 5.74) is -4.56. The molecule has 0 amide bonds. The van der Waals surface area contributed by atoms with E-state index < -0.39 is 55.0 Å². The van der Waals surface area contributed by atoms with Crippen LogP contribution in [-0.2, 0) is 28.5 Å². The molecule has 10 nitrogen and oxygen atoms in total. The van der Waals surface area contributed by atoms with Crippen molar-refractivity contribution in [3.8, 4) is 22.9 Å². The number of rotatable bonds is 6. The Morgan fingerprint density at radius 1 is 1.18 bits per heavy atom. The van der Waals surface area contributed by atoms with Crippen molar-refractivity contribution in [3.63, 3.8) is 0 Å². The summed E-state index contributed by atoms with van der Waals surface area (Å²) < 4.78 is 113. The number of aryl methyl sites for hydroxylation is 1. The van der Waals surface area contributed by atoms with Crippen LogP contribution in [0.2, 0.25) is 0 Å². The van der Waals surface area contributed by atoms with E-state index in [1.165, 1.54) is 14.0 Å². The SMILES string of the molecule is CCS(=O)(=O)c1cc(-c2noc(C3(F)CC3)n2)c[n+]([O-])c1-c1nc2cc(C(F)(F)C(F)(F)F)cnc2n1C. The minimum atomic E-state index is -5.90. The Balaban J connectivity index is 1.69. The lowest BCUT2D eigenvalue weighted by Crippen LogP contribution is -2.33. The molecule has 0 atom stereocenters. The largest absolute Gasteiger partial charge is 0.618 e. The second-order valence-electron chi connectivity index (χ2n) is 8.69. The van der Waals surface area contributed by atoms with Gasteiger partial charge in [-0.3, -0.25) is 0 Å². The highest BCUT2D eigenvalue weighted by Crippen LogP contribution is 2.49. The fraction of sp³-hybridized carbons (Fsp3) is 0.381. The summed E-state index contributed by atoms with van der Waals surface area (Å²) in [5, 5.41) is 16.8. The predicted octanol–water partition coefficient (Wildman–Crippen LogP) is 3.73. The van der Waals surface area contributed by atoms with E-state index in [0.717, 1.165) is 16.8 Å². The molecule has 0 bridgehead atoms. The smallest absolute Gasteiger partial charge is 0.458 e. The molecule has 0 spiro atoms. The number of hydrogen-bond acceptors (Lipinski definition) is 8. The maximum absolute atomic E-state index is 14.3. The van der Waals surface area contributed by atoms with Gasteiger partial charge in [-0.1, -0.05) is 12.1 Å². The van der Waals surface area contributed by atoms with Crippen LogP contribution in [0.5, 0.6) is 0 Å². The van der Waals surface area contributed by atoms with E-state index in [-0.39, 0.29) is 46.3 Å². The van der Waals surface area contributed by atoms with Crippen molar-refractivity contribution in [2.24, 2.45) is 7.05 Å². The standard InChI is InChI=1S/C21H16F6N6O4S/c1-3-38(35,36)13-6-10(15-30-18(37-31-15)19(22)4-5-19)9-33(34)14(13)17-29-12-7-11(8-28-16(12)32(17)2)20(23,24)21(25,26)27/h6-9H,3-5H2,1-2H3. The Morgan fingerprint density at radius 2 is 1.87 bits per heavy atom. The van der Waals surface area contributed by atoms with Gasteiger partial charge in [-0.15, -0.1) is 0 Å². The number of sulfone groups is 1. The topological polar surface area (TPSA) is 131 Å². The lowest BCUT2D eigenvalue weighted by molar-refractivity contribution is -0.595. The van der Waals surface area contributed by atoms with Gasteiger partial charge in [0.2, 0.25) is 11.6 Å². The zero-order valence-electron chi connectivity index (χ0n) is 19.4. The molecule has 0 N–H and O–H groups in total. The second kappa shape index (κ2) is 8.12. The zero-order valence-corrected chi connectivity index (χ0v) is 20.2. The summed E-state index contributed by atoms with van der Waals surface area (Å²) in [6.07, 6.45) is -4.35. The van der Waals surface area contributed by atoms with Crippen LogP contribution >= 0.6 is 0 Å². The van der Waals surface area contributed by atoms with Crippen LogP contribution in [0.15, 0.2) is 33.9 Å². The number of pyridine rings is 2. The monoisotopic (exact) mass is 562 g/mol. The predicted molar refractivity (Wildman–Crippen MR) is 116 cm³/mol. The van der Waals surface area contributed by atoms with Gasteiger partial charge in [-0.05, 0) is 25.0 Å². The second-order valence-corrected chi connectivity index (χ2v) is 10.9. The van der Waals surface area contributed by atoms with Crippen LogP contribution in [0.1, 0.15) is 31.2 Å². The van der Waals surface area contributed by atoms with Crippen molar-refractivity contribution < 1.29 is 44.0 Å². The molecule has 0 aromatic carbocycles. The van der Waals surface area contributed by atoms with E-state index in [0.29, 0.717) is 12.3 Å². The van der Waals surface area contributed by atoms with Crippen molar-refractivity contribution in [2.75, 3.05) is 5.75 Å². The number of imidazole rings is 1. The molecule has 0 radical (unpaired) electrons. The first-order valence-electron chi connectivity index (χ1n) is 10.9. The molecule has 1 fully saturated rings. The fourth-order valence-corrected chi connectivity index (χ4v) is 4.83. The number of alkyl halides is 6. The van der Waals surface area contributed by atoms with Crippen LogP contribution in [0.4, 0.5) is 26.3 Å². The molecule has 4 aromatic heterocycles. The van der Waals surface area contributed by atoms with Crippen molar-refractivity contribution in [1.82, 2.24) is 24.7 Å². The van der Waals surface area contributed by atoms with Crippen LogP contribution in [0.3, 0.4) is 0 Å². The highest BCUT2D eigenvalue weighted by Gasteiger charge is 2.59. The van der Waals surface area contributed by atoms with Crippen molar-refractivity contribution >= 4 is 21.0 Å². The molecule has 202 valence electrons. The Hall–Kier alpha value is -3.76. The van der Waals surface area contributed by atoms with E-state index in [4.69, 9.17) is 4.52 Å². The highest BCUT2D eigenvalue weighted by molar-refractivity contribution is 7.91. The average Bonchev–Trinajstić information content (AvgIpc) is 3.26. The van der Waals surface area contributed by atoms with Crippen molar-refractivity contribution in [1.29, 1.82) is 0 Å². The zero-order chi connectivity index (χ0) is 27.8.